The molecule has 0 saturated heterocycles. The molecule has 0 spiro atoms. The second-order valence-electron chi connectivity index (χ2n) is 4.11. The summed E-state index contributed by atoms with van der Waals surface area (Å²) in [5.74, 6) is -0.999. The molecule has 2 N–H and O–H groups in total. The zero-order chi connectivity index (χ0) is 10.2. The SMILES string of the molecule is Cc1[nH]c(C(=O)O)nc1C(C)(C)C. The summed E-state index contributed by atoms with van der Waals surface area (Å²) in [6.45, 7) is 7.84. The highest BCUT2D eigenvalue weighted by molar-refractivity contribution is 5.83. The minimum absolute atomic E-state index is 0.0161. The van der Waals surface area contributed by atoms with Gasteiger partial charge in [0.15, 0.2) is 0 Å². The number of nitrogens with zero attached hydrogens (tertiary/aromatic N) is 1. The van der Waals surface area contributed by atoms with Crippen LogP contribution < -0.4 is 0 Å². The van der Waals surface area contributed by atoms with Crippen LogP contribution in [-0.2, 0) is 5.41 Å². The fourth-order valence-electron chi connectivity index (χ4n) is 1.29. The maximum atomic E-state index is 10.6. The van der Waals surface area contributed by atoms with Crippen molar-refractivity contribution in [3.63, 3.8) is 0 Å². The summed E-state index contributed by atoms with van der Waals surface area (Å²) in [5, 5.41) is 8.69. The number of hydrogen-bond donors (Lipinski definition) is 2. The average molecular weight is 182 g/mol. The summed E-state index contributed by atoms with van der Waals surface area (Å²) in [4.78, 5) is 17.4. The minimum Gasteiger partial charge on any atom is -0.475 e. The van der Waals surface area contributed by atoms with E-state index in [1.807, 2.05) is 27.7 Å². The van der Waals surface area contributed by atoms with Crippen LogP contribution in [-0.4, -0.2) is 21.0 Å². The van der Waals surface area contributed by atoms with Crippen molar-refractivity contribution >= 4 is 5.97 Å². The van der Waals surface area contributed by atoms with E-state index in [9.17, 15) is 4.79 Å². The van der Waals surface area contributed by atoms with E-state index < -0.39 is 5.97 Å². The zero-order valence-corrected chi connectivity index (χ0v) is 8.30. The summed E-state index contributed by atoms with van der Waals surface area (Å²) in [5.41, 5.74) is 1.52. The number of carbonyl (C=O) groups is 1. The molecule has 0 saturated carbocycles. The minimum atomic E-state index is -1.02. The lowest BCUT2D eigenvalue weighted by atomic mass is 9.91. The maximum Gasteiger partial charge on any atom is 0.371 e. The van der Waals surface area contributed by atoms with E-state index in [1.54, 1.807) is 0 Å². The smallest absolute Gasteiger partial charge is 0.371 e. The molecule has 0 aliphatic rings. The Labute approximate surface area is 77.0 Å². The molecule has 0 aliphatic carbocycles. The second-order valence-corrected chi connectivity index (χ2v) is 4.11. The first-order chi connectivity index (χ1) is 5.82. The molecule has 13 heavy (non-hydrogen) atoms. The largest absolute Gasteiger partial charge is 0.475 e. The van der Waals surface area contributed by atoms with E-state index in [4.69, 9.17) is 5.11 Å². The highest BCUT2D eigenvalue weighted by Gasteiger charge is 2.22. The van der Waals surface area contributed by atoms with Gasteiger partial charge < -0.3 is 10.1 Å². The molecule has 0 aliphatic heterocycles. The van der Waals surface area contributed by atoms with Crippen LogP contribution in [0.5, 0.6) is 0 Å². The van der Waals surface area contributed by atoms with E-state index in [0.717, 1.165) is 11.4 Å². The van der Waals surface area contributed by atoms with Gasteiger partial charge in [-0.1, -0.05) is 20.8 Å². The molecule has 1 heterocycles. The van der Waals surface area contributed by atoms with Crippen LogP contribution in [0.2, 0.25) is 0 Å². The maximum absolute atomic E-state index is 10.6. The molecule has 1 aromatic rings. The molecule has 0 aromatic carbocycles. The van der Waals surface area contributed by atoms with Gasteiger partial charge in [0.1, 0.15) is 0 Å². The third-order valence-electron chi connectivity index (χ3n) is 1.80. The first-order valence-electron chi connectivity index (χ1n) is 4.12. The van der Waals surface area contributed by atoms with Crippen molar-refractivity contribution < 1.29 is 9.90 Å². The molecule has 72 valence electrons. The molecule has 0 bridgehead atoms. The Bertz CT molecular complexity index is 334. The number of aromatic amines is 1. The molecule has 0 amide bonds. The molecule has 1 aromatic heterocycles. The van der Waals surface area contributed by atoms with Crippen LogP contribution in [0.4, 0.5) is 0 Å². The van der Waals surface area contributed by atoms with Gasteiger partial charge >= 0.3 is 5.97 Å². The lowest BCUT2D eigenvalue weighted by Gasteiger charge is -2.15. The fourth-order valence-corrected chi connectivity index (χ4v) is 1.29. The zero-order valence-electron chi connectivity index (χ0n) is 8.30. The summed E-state index contributed by atoms with van der Waals surface area (Å²) >= 11 is 0. The standard InChI is InChI=1S/C9H14N2O2/c1-5-6(9(2,3)4)11-7(10-5)8(12)13/h1-4H3,(H,10,11)(H,12,13). The third-order valence-corrected chi connectivity index (χ3v) is 1.80. The van der Waals surface area contributed by atoms with Crippen LogP contribution >= 0.6 is 0 Å². The van der Waals surface area contributed by atoms with Crippen molar-refractivity contribution in [1.82, 2.24) is 9.97 Å². The number of aromatic carboxylic acids is 1. The van der Waals surface area contributed by atoms with E-state index in [-0.39, 0.29) is 11.2 Å². The van der Waals surface area contributed by atoms with Crippen LogP contribution in [0.3, 0.4) is 0 Å². The number of rotatable bonds is 1. The van der Waals surface area contributed by atoms with Crippen molar-refractivity contribution in [2.24, 2.45) is 0 Å². The highest BCUT2D eigenvalue weighted by atomic mass is 16.4. The Kier molecular flexibility index (Phi) is 2.15. The molecular weight excluding hydrogens is 168 g/mol. The average Bonchev–Trinajstić information content (AvgIpc) is 2.29. The van der Waals surface area contributed by atoms with Gasteiger partial charge in [-0.3, -0.25) is 0 Å². The monoisotopic (exact) mass is 182 g/mol. The van der Waals surface area contributed by atoms with Crippen LogP contribution in [0.25, 0.3) is 0 Å². The normalized spacial score (nSPS) is 11.7. The van der Waals surface area contributed by atoms with Gasteiger partial charge in [-0.15, -0.1) is 0 Å². The summed E-state index contributed by atoms with van der Waals surface area (Å²) in [6.07, 6.45) is 0. The van der Waals surface area contributed by atoms with Crippen molar-refractivity contribution in [3.05, 3.63) is 17.2 Å². The van der Waals surface area contributed by atoms with Gasteiger partial charge in [0.2, 0.25) is 5.82 Å². The van der Waals surface area contributed by atoms with E-state index in [1.165, 1.54) is 0 Å². The quantitative estimate of drug-likeness (QED) is 0.694. The lowest BCUT2D eigenvalue weighted by molar-refractivity contribution is 0.0684. The van der Waals surface area contributed by atoms with Crippen LogP contribution in [0.1, 0.15) is 42.8 Å². The molecule has 0 radical (unpaired) electrons. The first-order valence-corrected chi connectivity index (χ1v) is 4.12. The summed E-state index contributed by atoms with van der Waals surface area (Å²) < 4.78 is 0. The molecule has 1 rings (SSSR count). The van der Waals surface area contributed by atoms with Crippen molar-refractivity contribution in [3.8, 4) is 0 Å². The third kappa shape index (κ3) is 1.88. The van der Waals surface area contributed by atoms with Gasteiger partial charge in [0.25, 0.3) is 0 Å². The highest BCUT2D eigenvalue weighted by Crippen LogP contribution is 2.23. The summed E-state index contributed by atoms with van der Waals surface area (Å²) in [6, 6.07) is 0. The fraction of sp³-hybridized carbons (Fsp3) is 0.556. The predicted molar refractivity (Wildman–Crippen MR) is 49.0 cm³/mol. The Hall–Kier alpha value is -1.32. The lowest BCUT2D eigenvalue weighted by Crippen LogP contribution is -2.13. The number of carboxylic acids is 1. The topological polar surface area (TPSA) is 66.0 Å². The van der Waals surface area contributed by atoms with E-state index in [2.05, 4.69) is 9.97 Å². The van der Waals surface area contributed by atoms with Gasteiger partial charge in [-0.05, 0) is 6.92 Å². The van der Waals surface area contributed by atoms with Gasteiger partial charge in [0.05, 0.1) is 5.69 Å². The predicted octanol–water partition coefficient (Wildman–Crippen LogP) is 1.71. The Balaban J connectivity index is 3.18. The van der Waals surface area contributed by atoms with Crippen molar-refractivity contribution in [2.75, 3.05) is 0 Å². The number of imidazole rings is 1. The first kappa shape index (κ1) is 9.77. The number of aryl methyl sites for hydroxylation is 1. The Morgan fingerprint density at radius 1 is 1.46 bits per heavy atom. The van der Waals surface area contributed by atoms with E-state index >= 15 is 0 Å². The van der Waals surface area contributed by atoms with Crippen molar-refractivity contribution in [2.45, 2.75) is 33.1 Å². The molecule has 0 unspecified atom stereocenters. The Morgan fingerprint density at radius 3 is 2.23 bits per heavy atom. The number of hydrogen-bond acceptors (Lipinski definition) is 2. The number of H-pyrrole nitrogens is 1. The number of aromatic nitrogens is 2. The van der Waals surface area contributed by atoms with Gasteiger partial charge in [0, 0.05) is 11.1 Å². The van der Waals surface area contributed by atoms with Crippen molar-refractivity contribution in [1.29, 1.82) is 0 Å². The molecular formula is C9H14N2O2. The second kappa shape index (κ2) is 2.87. The molecule has 4 heteroatoms. The number of nitrogens with one attached hydrogen (secondary N) is 1. The van der Waals surface area contributed by atoms with Gasteiger partial charge in [-0.25, -0.2) is 9.78 Å². The van der Waals surface area contributed by atoms with Gasteiger partial charge in [-0.2, -0.15) is 0 Å². The van der Waals surface area contributed by atoms with E-state index in [0.29, 0.717) is 0 Å². The molecule has 0 atom stereocenters. The van der Waals surface area contributed by atoms with Crippen LogP contribution in [0, 0.1) is 6.92 Å². The molecule has 4 nitrogen and oxygen atoms in total. The summed E-state index contributed by atoms with van der Waals surface area (Å²) in [7, 11) is 0. The Morgan fingerprint density at radius 2 is 2.00 bits per heavy atom. The number of carboxylic acid groups (broad SMARTS) is 1. The van der Waals surface area contributed by atoms with Crippen LogP contribution in [0.15, 0.2) is 0 Å². The molecule has 0 fully saturated rings.